The fourth-order valence-corrected chi connectivity index (χ4v) is 2.13. The minimum absolute atomic E-state index is 0.301. The van der Waals surface area contributed by atoms with Gasteiger partial charge in [0, 0.05) is 45.8 Å². The lowest BCUT2D eigenvalue weighted by Crippen LogP contribution is -2.49. The van der Waals surface area contributed by atoms with Crippen LogP contribution in [0.25, 0.3) is 0 Å². The maximum absolute atomic E-state index is 11.9. The summed E-state index contributed by atoms with van der Waals surface area (Å²) in [5.41, 5.74) is 0. The Hall–Kier alpha value is -0.650. The number of hydrogen-bond acceptors (Lipinski definition) is 4. The summed E-state index contributed by atoms with van der Waals surface area (Å²) in [7, 11) is 1.92. The minimum Gasteiger partial charge on any atom is -0.380 e. The maximum Gasteiger partial charge on any atom is 0.222 e. The van der Waals surface area contributed by atoms with Crippen LogP contribution in [-0.2, 0) is 9.53 Å². The van der Waals surface area contributed by atoms with Gasteiger partial charge in [0.05, 0.1) is 6.61 Å². The number of amides is 1. The molecule has 1 N–H and O–H groups in total. The van der Waals surface area contributed by atoms with Crippen LogP contribution in [0.4, 0.5) is 0 Å². The third-order valence-corrected chi connectivity index (χ3v) is 3.30. The highest BCUT2D eigenvalue weighted by Gasteiger charge is 2.20. The van der Waals surface area contributed by atoms with Gasteiger partial charge >= 0.3 is 0 Å². The molecule has 1 heterocycles. The Morgan fingerprint density at radius 2 is 2.00 bits per heavy atom. The van der Waals surface area contributed by atoms with Crippen molar-refractivity contribution in [3.63, 3.8) is 0 Å². The molecule has 1 aliphatic heterocycles. The van der Waals surface area contributed by atoms with E-state index in [1.54, 1.807) is 0 Å². The molecule has 0 bridgehead atoms. The highest BCUT2D eigenvalue weighted by atomic mass is 16.5. The molecule has 0 aromatic carbocycles. The van der Waals surface area contributed by atoms with E-state index in [0.29, 0.717) is 12.3 Å². The van der Waals surface area contributed by atoms with E-state index < -0.39 is 0 Å². The lowest BCUT2D eigenvalue weighted by Gasteiger charge is -2.34. The van der Waals surface area contributed by atoms with Crippen molar-refractivity contribution in [1.82, 2.24) is 15.1 Å². The molecule has 106 valence electrons. The largest absolute Gasteiger partial charge is 0.380 e. The van der Waals surface area contributed by atoms with E-state index in [9.17, 15) is 4.79 Å². The highest BCUT2D eigenvalue weighted by Crippen LogP contribution is 2.04. The van der Waals surface area contributed by atoms with Crippen LogP contribution in [0.2, 0.25) is 0 Å². The first-order valence-corrected chi connectivity index (χ1v) is 7.00. The zero-order valence-corrected chi connectivity index (χ0v) is 11.8. The van der Waals surface area contributed by atoms with Gasteiger partial charge in [0.1, 0.15) is 0 Å². The Kier molecular flexibility index (Phi) is 7.96. The van der Waals surface area contributed by atoms with Gasteiger partial charge in [-0.3, -0.25) is 9.69 Å². The Labute approximate surface area is 110 Å². The fraction of sp³-hybridized carbons (Fsp3) is 0.923. The number of carbonyl (C=O) groups excluding carboxylic acids is 1. The molecule has 18 heavy (non-hydrogen) atoms. The summed E-state index contributed by atoms with van der Waals surface area (Å²) < 4.78 is 5.35. The molecule has 1 aliphatic rings. The van der Waals surface area contributed by atoms with Crippen molar-refractivity contribution in [1.29, 1.82) is 0 Å². The van der Waals surface area contributed by atoms with E-state index in [-0.39, 0.29) is 0 Å². The molecular formula is C13H27N3O2. The first-order valence-electron chi connectivity index (χ1n) is 7.00. The van der Waals surface area contributed by atoms with Gasteiger partial charge < -0.3 is 15.0 Å². The Morgan fingerprint density at radius 3 is 2.61 bits per heavy atom. The van der Waals surface area contributed by atoms with Gasteiger partial charge in [-0.2, -0.15) is 0 Å². The second kappa shape index (κ2) is 9.30. The summed E-state index contributed by atoms with van der Waals surface area (Å²) in [5.74, 6) is 0.301. The van der Waals surface area contributed by atoms with Crippen molar-refractivity contribution in [2.45, 2.75) is 19.8 Å². The van der Waals surface area contributed by atoms with Gasteiger partial charge in [-0.05, 0) is 26.9 Å². The van der Waals surface area contributed by atoms with Crippen molar-refractivity contribution >= 4 is 5.91 Å². The molecule has 0 saturated carbocycles. The monoisotopic (exact) mass is 257 g/mol. The molecule has 0 aromatic heterocycles. The van der Waals surface area contributed by atoms with Gasteiger partial charge in [-0.25, -0.2) is 0 Å². The summed E-state index contributed by atoms with van der Waals surface area (Å²) in [6, 6.07) is 0. The van der Waals surface area contributed by atoms with Gasteiger partial charge in [-0.1, -0.05) is 0 Å². The minimum atomic E-state index is 0.301. The molecule has 1 rings (SSSR count). The van der Waals surface area contributed by atoms with Gasteiger partial charge in [0.15, 0.2) is 0 Å². The molecule has 0 aliphatic carbocycles. The summed E-state index contributed by atoms with van der Waals surface area (Å²) in [5, 5.41) is 3.07. The smallest absolute Gasteiger partial charge is 0.222 e. The van der Waals surface area contributed by atoms with E-state index >= 15 is 0 Å². The lowest BCUT2D eigenvalue weighted by atomic mass is 10.2. The van der Waals surface area contributed by atoms with Crippen molar-refractivity contribution in [3.8, 4) is 0 Å². The number of ether oxygens (including phenoxy) is 1. The number of rotatable bonds is 8. The van der Waals surface area contributed by atoms with Crippen LogP contribution in [-0.4, -0.2) is 75.2 Å². The maximum atomic E-state index is 11.9. The topological polar surface area (TPSA) is 44.8 Å². The van der Waals surface area contributed by atoms with Crippen LogP contribution in [0.3, 0.4) is 0 Å². The summed E-state index contributed by atoms with van der Waals surface area (Å²) >= 11 is 0. The van der Waals surface area contributed by atoms with Crippen LogP contribution in [0.15, 0.2) is 0 Å². The summed E-state index contributed by atoms with van der Waals surface area (Å²) in [6.07, 6.45) is 1.60. The zero-order valence-electron chi connectivity index (χ0n) is 11.8. The number of nitrogens with one attached hydrogen (secondary N) is 1. The molecule has 1 fully saturated rings. The standard InChI is InChI=1S/C13H27N3O2/c1-3-18-12-11-15-7-9-16(10-8-15)13(17)5-4-6-14-2/h14H,3-12H2,1-2H3. The predicted octanol–water partition coefficient (Wildman–Crippen LogP) is 0.167. The van der Waals surface area contributed by atoms with Crippen molar-refractivity contribution in [2.24, 2.45) is 0 Å². The van der Waals surface area contributed by atoms with Gasteiger partial charge in [-0.15, -0.1) is 0 Å². The molecule has 1 saturated heterocycles. The van der Waals surface area contributed by atoms with E-state index in [2.05, 4.69) is 10.2 Å². The molecule has 0 atom stereocenters. The normalized spacial score (nSPS) is 17.1. The van der Waals surface area contributed by atoms with Crippen molar-refractivity contribution in [2.75, 3.05) is 59.5 Å². The summed E-state index contributed by atoms with van der Waals surface area (Å²) in [4.78, 5) is 16.3. The van der Waals surface area contributed by atoms with Crippen molar-refractivity contribution in [3.05, 3.63) is 0 Å². The quantitative estimate of drug-likeness (QED) is 0.630. The Balaban J connectivity index is 2.12. The van der Waals surface area contributed by atoms with Crippen LogP contribution < -0.4 is 5.32 Å². The predicted molar refractivity (Wildman–Crippen MR) is 72.7 cm³/mol. The van der Waals surface area contributed by atoms with Crippen LogP contribution >= 0.6 is 0 Å². The van der Waals surface area contributed by atoms with Crippen LogP contribution in [0.5, 0.6) is 0 Å². The zero-order chi connectivity index (χ0) is 13.2. The van der Waals surface area contributed by atoms with E-state index in [1.165, 1.54) is 0 Å². The van der Waals surface area contributed by atoms with Crippen LogP contribution in [0.1, 0.15) is 19.8 Å². The number of hydrogen-bond donors (Lipinski definition) is 1. The van der Waals surface area contributed by atoms with Gasteiger partial charge in [0.25, 0.3) is 0 Å². The third-order valence-electron chi connectivity index (χ3n) is 3.30. The second-order valence-corrected chi connectivity index (χ2v) is 4.63. The lowest BCUT2D eigenvalue weighted by molar-refractivity contribution is -0.133. The Bertz CT molecular complexity index is 228. The number of piperazine rings is 1. The molecular weight excluding hydrogens is 230 g/mol. The molecule has 1 amide bonds. The molecule has 0 aromatic rings. The Morgan fingerprint density at radius 1 is 1.28 bits per heavy atom. The molecule has 5 heteroatoms. The molecule has 0 unspecified atom stereocenters. The van der Waals surface area contributed by atoms with E-state index in [1.807, 2.05) is 18.9 Å². The third kappa shape index (κ3) is 5.80. The first kappa shape index (κ1) is 15.4. The highest BCUT2D eigenvalue weighted by molar-refractivity contribution is 5.76. The SMILES string of the molecule is CCOCCN1CCN(C(=O)CCCNC)CC1. The molecule has 5 nitrogen and oxygen atoms in total. The van der Waals surface area contributed by atoms with Gasteiger partial charge in [0.2, 0.25) is 5.91 Å². The van der Waals surface area contributed by atoms with Crippen LogP contribution in [0, 0.1) is 0 Å². The first-order chi connectivity index (χ1) is 8.77. The number of carbonyl (C=O) groups is 1. The average Bonchev–Trinajstić information content (AvgIpc) is 2.40. The van der Waals surface area contributed by atoms with E-state index in [0.717, 1.165) is 58.9 Å². The molecule has 0 spiro atoms. The average molecular weight is 257 g/mol. The van der Waals surface area contributed by atoms with E-state index in [4.69, 9.17) is 4.74 Å². The number of nitrogens with zero attached hydrogens (tertiary/aromatic N) is 2. The summed E-state index contributed by atoms with van der Waals surface area (Å²) in [6.45, 7) is 9.18. The van der Waals surface area contributed by atoms with Crippen molar-refractivity contribution < 1.29 is 9.53 Å². The molecule has 0 radical (unpaired) electrons. The second-order valence-electron chi connectivity index (χ2n) is 4.63. The fourth-order valence-electron chi connectivity index (χ4n) is 2.13.